The number of carbonyl (C=O) groups is 2. The Bertz CT molecular complexity index is 491. The molecule has 1 aromatic carbocycles. The summed E-state index contributed by atoms with van der Waals surface area (Å²) in [6, 6.07) is 7.55. The van der Waals surface area contributed by atoms with Crippen molar-refractivity contribution in [2.24, 2.45) is 0 Å². The van der Waals surface area contributed by atoms with Gasteiger partial charge in [-0.2, -0.15) is 0 Å². The van der Waals surface area contributed by atoms with E-state index in [1.165, 1.54) is 0 Å². The summed E-state index contributed by atoms with van der Waals surface area (Å²) in [5.74, 6) is -0.178. The van der Waals surface area contributed by atoms with Crippen molar-refractivity contribution >= 4 is 23.4 Å². The Hall–Kier alpha value is -1.59. The SMILES string of the molecule is CCNC(=O)CN(CC)C(=O)CN(C)Cc1ccc(Cl)cc1. The van der Waals surface area contributed by atoms with Crippen LogP contribution in [0.1, 0.15) is 19.4 Å². The fourth-order valence-corrected chi connectivity index (χ4v) is 2.22. The zero-order valence-corrected chi connectivity index (χ0v) is 14.2. The molecule has 1 rings (SSSR count). The van der Waals surface area contributed by atoms with Crippen LogP contribution in [0.3, 0.4) is 0 Å². The minimum Gasteiger partial charge on any atom is -0.355 e. The molecule has 0 aliphatic carbocycles. The summed E-state index contributed by atoms with van der Waals surface area (Å²) < 4.78 is 0. The molecular weight excluding hydrogens is 302 g/mol. The summed E-state index contributed by atoms with van der Waals surface area (Å²) >= 11 is 5.85. The summed E-state index contributed by atoms with van der Waals surface area (Å²) in [5, 5.41) is 3.40. The van der Waals surface area contributed by atoms with Gasteiger partial charge in [0, 0.05) is 24.7 Å². The first-order valence-electron chi connectivity index (χ1n) is 7.43. The van der Waals surface area contributed by atoms with Crippen LogP contribution in [0, 0.1) is 0 Å². The van der Waals surface area contributed by atoms with E-state index in [1.807, 2.05) is 50.1 Å². The Morgan fingerprint density at radius 1 is 1.14 bits per heavy atom. The van der Waals surface area contributed by atoms with Gasteiger partial charge in [-0.1, -0.05) is 23.7 Å². The molecule has 0 aromatic heterocycles. The van der Waals surface area contributed by atoms with Gasteiger partial charge in [0.05, 0.1) is 13.1 Å². The summed E-state index contributed by atoms with van der Waals surface area (Å²) in [6.07, 6.45) is 0. The van der Waals surface area contributed by atoms with E-state index >= 15 is 0 Å². The van der Waals surface area contributed by atoms with Crippen molar-refractivity contribution in [2.45, 2.75) is 20.4 Å². The van der Waals surface area contributed by atoms with Crippen LogP contribution in [-0.4, -0.2) is 54.8 Å². The number of hydrogen-bond donors (Lipinski definition) is 1. The Morgan fingerprint density at radius 2 is 1.77 bits per heavy atom. The van der Waals surface area contributed by atoms with Gasteiger partial charge in [0.15, 0.2) is 0 Å². The maximum Gasteiger partial charge on any atom is 0.239 e. The molecule has 0 aliphatic heterocycles. The largest absolute Gasteiger partial charge is 0.355 e. The maximum absolute atomic E-state index is 12.3. The Kier molecular flexibility index (Phi) is 7.91. The fraction of sp³-hybridized carbons (Fsp3) is 0.500. The smallest absolute Gasteiger partial charge is 0.239 e. The standard InChI is InChI=1S/C16H24ClN3O2/c1-4-18-15(21)11-20(5-2)16(22)12-19(3)10-13-6-8-14(17)9-7-13/h6-9H,4-5,10-12H2,1-3H3,(H,18,21). The molecular formula is C16H24ClN3O2. The van der Waals surface area contributed by atoms with Crippen LogP contribution in [0.25, 0.3) is 0 Å². The van der Waals surface area contributed by atoms with Crippen molar-refractivity contribution in [2.75, 3.05) is 33.2 Å². The van der Waals surface area contributed by atoms with E-state index in [-0.39, 0.29) is 24.9 Å². The average Bonchev–Trinajstić information content (AvgIpc) is 2.47. The molecule has 0 saturated carbocycles. The molecule has 122 valence electrons. The number of hydrogen-bond acceptors (Lipinski definition) is 3. The zero-order valence-electron chi connectivity index (χ0n) is 13.4. The van der Waals surface area contributed by atoms with E-state index in [0.29, 0.717) is 24.7 Å². The molecule has 1 aromatic rings. The van der Waals surface area contributed by atoms with Crippen LogP contribution in [0.2, 0.25) is 5.02 Å². The summed E-state index contributed by atoms with van der Waals surface area (Å²) in [7, 11) is 1.88. The summed E-state index contributed by atoms with van der Waals surface area (Å²) in [5.41, 5.74) is 1.09. The molecule has 6 heteroatoms. The van der Waals surface area contributed by atoms with Crippen molar-refractivity contribution in [1.82, 2.24) is 15.1 Å². The van der Waals surface area contributed by atoms with Crippen LogP contribution < -0.4 is 5.32 Å². The third-order valence-electron chi connectivity index (χ3n) is 3.21. The van der Waals surface area contributed by atoms with E-state index in [9.17, 15) is 9.59 Å². The van der Waals surface area contributed by atoms with Gasteiger partial charge >= 0.3 is 0 Å². The van der Waals surface area contributed by atoms with Crippen molar-refractivity contribution < 1.29 is 9.59 Å². The monoisotopic (exact) mass is 325 g/mol. The number of likely N-dealkylation sites (N-methyl/N-ethyl adjacent to an activating group) is 3. The first-order chi connectivity index (χ1) is 10.5. The van der Waals surface area contributed by atoms with Gasteiger partial charge in [0.2, 0.25) is 11.8 Å². The molecule has 5 nitrogen and oxygen atoms in total. The van der Waals surface area contributed by atoms with Gasteiger partial charge in [-0.05, 0) is 38.6 Å². The molecule has 22 heavy (non-hydrogen) atoms. The van der Waals surface area contributed by atoms with Gasteiger partial charge in [-0.15, -0.1) is 0 Å². The molecule has 0 fully saturated rings. The highest BCUT2D eigenvalue weighted by atomic mass is 35.5. The lowest BCUT2D eigenvalue weighted by molar-refractivity contribution is -0.136. The van der Waals surface area contributed by atoms with E-state index in [2.05, 4.69) is 5.32 Å². The average molecular weight is 326 g/mol. The topological polar surface area (TPSA) is 52.7 Å². The first-order valence-corrected chi connectivity index (χ1v) is 7.81. The fourth-order valence-electron chi connectivity index (χ4n) is 2.09. The highest BCUT2D eigenvalue weighted by molar-refractivity contribution is 6.30. The lowest BCUT2D eigenvalue weighted by atomic mass is 10.2. The van der Waals surface area contributed by atoms with Gasteiger partial charge in [0.25, 0.3) is 0 Å². The second-order valence-electron chi connectivity index (χ2n) is 5.16. The second-order valence-corrected chi connectivity index (χ2v) is 5.60. The molecule has 0 atom stereocenters. The van der Waals surface area contributed by atoms with Gasteiger partial charge in [0.1, 0.15) is 0 Å². The summed E-state index contributed by atoms with van der Waals surface area (Å²) in [6.45, 7) is 5.85. The number of nitrogens with zero attached hydrogens (tertiary/aromatic N) is 2. The molecule has 0 saturated heterocycles. The predicted octanol–water partition coefficient (Wildman–Crippen LogP) is 1.76. The Morgan fingerprint density at radius 3 is 2.32 bits per heavy atom. The molecule has 0 bridgehead atoms. The molecule has 0 aliphatic rings. The molecule has 0 heterocycles. The number of nitrogens with one attached hydrogen (secondary N) is 1. The molecule has 0 spiro atoms. The van der Waals surface area contributed by atoms with E-state index in [4.69, 9.17) is 11.6 Å². The molecule has 0 unspecified atom stereocenters. The maximum atomic E-state index is 12.3. The molecule has 1 N–H and O–H groups in total. The van der Waals surface area contributed by atoms with Crippen molar-refractivity contribution in [3.8, 4) is 0 Å². The molecule has 2 amide bonds. The van der Waals surface area contributed by atoms with E-state index < -0.39 is 0 Å². The van der Waals surface area contributed by atoms with Gasteiger partial charge in [-0.3, -0.25) is 14.5 Å². The Labute approximate surface area is 137 Å². The second kappa shape index (κ2) is 9.43. The molecule has 0 radical (unpaired) electrons. The van der Waals surface area contributed by atoms with E-state index in [0.717, 1.165) is 5.56 Å². The quantitative estimate of drug-likeness (QED) is 0.792. The number of benzene rings is 1. The lowest BCUT2D eigenvalue weighted by Gasteiger charge is -2.24. The normalized spacial score (nSPS) is 10.6. The van der Waals surface area contributed by atoms with Crippen molar-refractivity contribution in [3.63, 3.8) is 0 Å². The Balaban J connectivity index is 2.50. The number of rotatable bonds is 8. The number of carbonyl (C=O) groups excluding carboxylic acids is 2. The number of halogens is 1. The number of amides is 2. The third-order valence-corrected chi connectivity index (χ3v) is 3.47. The minimum atomic E-state index is -0.127. The van der Waals surface area contributed by atoms with Gasteiger partial charge < -0.3 is 10.2 Å². The van der Waals surface area contributed by atoms with Crippen LogP contribution in [0.5, 0.6) is 0 Å². The van der Waals surface area contributed by atoms with Gasteiger partial charge in [-0.25, -0.2) is 0 Å². The van der Waals surface area contributed by atoms with E-state index in [1.54, 1.807) is 4.90 Å². The van der Waals surface area contributed by atoms with Crippen LogP contribution >= 0.6 is 11.6 Å². The van der Waals surface area contributed by atoms with Crippen molar-refractivity contribution in [1.29, 1.82) is 0 Å². The van der Waals surface area contributed by atoms with Crippen molar-refractivity contribution in [3.05, 3.63) is 34.9 Å². The van der Waals surface area contributed by atoms with Crippen LogP contribution in [0.4, 0.5) is 0 Å². The predicted molar refractivity (Wildman–Crippen MR) is 88.7 cm³/mol. The highest BCUT2D eigenvalue weighted by Gasteiger charge is 2.16. The highest BCUT2D eigenvalue weighted by Crippen LogP contribution is 2.11. The first kappa shape index (κ1) is 18.5. The minimum absolute atomic E-state index is 0.0507. The third kappa shape index (κ3) is 6.45. The summed E-state index contributed by atoms with van der Waals surface area (Å²) in [4.78, 5) is 27.3. The van der Waals surface area contributed by atoms with Crippen LogP contribution in [-0.2, 0) is 16.1 Å². The lowest BCUT2D eigenvalue weighted by Crippen LogP contribution is -2.44. The zero-order chi connectivity index (χ0) is 16.5. The van der Waals surface area contributed by atoms with Crippen LogP contribution in [0.15, 0.2) is 24.3 Å².